The van der Waals surface area contributed by atoms with E-state index in [2.05, 4.69) is 14.9 Å². The van der Waals surface area contributed by atoms with Crippen molar-refractivity contribution in [3.8, 4) is 0 Å². The Morgan fingerprint density at radius 3 is 2.88 bits per heavy atom. The topological polar surface area (TPSA) is 101 Å². The van der Waals surface area contributed by atoms with Crippen LogP contribution in [0.3, 0.4) is 0 Å². The Balaban J connectivity index is 1.62. The fourth-order valence-corrected chi connectivity index (χ4v) is 3.28. The zero-order valence-electron chi connectivity index (χ0n) is 13.5. The van der Waals surface area contributed by atoms with Crippen LogP contribution >= 0.6 is 11.8 Å². The summed E-state index contributed by atoms with van der Waals surface area (Å²) in [5.74, 6) is 0.493. The first-order valence-electron chi connectivity index (χ1n) is 7.86. The summed E-state index contributed by atoms with van der Waals surface area (Å²) < 4.78 is 5.30. The van der Waals surface area contributed by atoms with E-state index in [9.17, 15) is 14.9 Å². The van der Waals surface area contributed by atoms with Crippen molar-refractivity contribution in [1.29, 1.82) is 0 Å². The number of hydrogen-bond donors (Lipinski definition) is 1. The van der Waals surface area contributed by atoms with Crippen LogP contribution in [0.15, 0.2) is 40.4 Å². The monoisotopic (exact) mass is 362 g/mol. The number of ether oxygens (including phenoxy) is 1. The predicted molar refractivity (Wildman–Crippen MR) is 93.6 cm³/mol. The average molecular weight is 362 g/mol. The molecule has 2 heterocycles. The number of aromatic nitrogens is 2. The molecule has 1 aliphatic heterocycles. The summed E-state index contributed by atoms with van der Waals surface area (Å²) in [6.07, 6.45) is 1.60. The van der Waals surface area contributed by atoms with Crippen LogP contribution in [-0.2, 0) is 17.0 Å². The fraction of sp³-hybridized carbons (Fsp3) is 0.375. The van der Waals surface area contributed by atoms with Gasteiger partial charge in [0.15, 0.2) is 5.16 Å². The SMILES string of the molecule is O=c1[nH]c(SCc2cccc([N+](=O)[O-])c2)ncc1CN1CCOCC1. The molecule has 0 spiro atoms. The number of nitrogens with one attached hydrogen (secondary N) is 1. The van der Waals surface area contributed by atoms with Crippen molar-refractivity contribution in [2.75, 3.05) is 26.3 Å². The number of non-ortho nitro benzene ring substituents is 1. The number of thioether (sulfide) groups is 1. The zero-order chi connectivity index (χ0) is 17.6. The lowest BCUT2D eigenvalue weighted by molar-refractivity contribution is -0.384. The highest BCUT2D eigenvalue weighted by atomic mass is 32.2. The van der Waals surface area contributed by atoms with Gasteiger partial charge in [-0.05, 0) is 5.56 Å². The van der Waals surface area contributed by atoms with Crippen molar-refractivity contribution in [3.05, 3.63) is 62.1 Å². The van der Waals surface area contributed by atoms with E-state index in [0.29, 0.717) is 36.2 Å². The van der Waals surface area contributed by atoms with Crippen LogP contribution < -0.4 is 5.56 Å². The highest BCUT2D eigenvalue weighted by Gasteiger charge is 2.13. The Kier molecular flexibility index (Phi) is 5.79. The maximum Gasteiger partial charge on any atom is 0.269 e. The van der Waals surface area contributed by atoms with Gasteiger partial charge in [-0.25, -0.2) is 4.98 Å². The number of benzene rings is 1. The lowest BCUT2D eigenvalue weighted by Gasteiger charge is -2.26. The third-order valence-corrected chi connectivity index (χ3v) is 4.80. The van der Waals surface area contributed by atoms with Crippen LogP contribution in [0.25, 0.3) is 0 Å². The molecule has 1 aromatic carbocycles. The van der Waals surface area contributed by atoms with Gasteiger partial charge in [-0.3, -0.25) is 19.8 Å². The number of nitro groups is 1. The van der Waals surface area contributed by atoms with E-state index >= 15 is 0 Å². The van der Waals surface area contributed by atoms with Gasteiger partial charge in [0.1, 0.15) is 0 Å². The molecule has 0 radical (unpaired) electrons. The molecule has 0 saturated carbocycles. The normalized spacial score (nSPS) is 15.2. The molecule has 1 saturated heterocycles. The first-order chi connectivity index (χ1) is 12.1. The Hall–Kier alpha value is -2.23. The highest BCUT2D eigenvalue weighted by Crippen LogP contribution is 2.21. The van der Waals surface area contributed by atoms with Crippen molar-refractivity contribution >= 4 is 17.4 Å². The number of H-pyrrole nitrogens is 1. The molecule has 1 aliphatic rings. The van der Waals surface area contributed by atoms with Gasteiger partial charge in [0, 0.05) is 49.3 Å². The molecule has 1 N–H and O–H groups in total. The molecule has 0 atom stereocenters. The molecule has 1 fully saturated rings. The van der Waals surface area contributed by atoms with Gasteiger partial charge in [0.05, 0.1) is 18.1 Å². The van der Waals surface area contributed by atoms with Gasteiger partial charge in [0.25, 0.3) is 11.2 Å². The van der Waals surface area contributed by atoms with Crippen LogP contribution in [0.1, 0.15) is 11.1 Å². The molecule has 0 bridgehead atoms. The molecular weight excluding hydrogens is 344 g/mol. The van der Waals surface area contributed by atoms with Crippen molar-refractivity contribution in [3.63, 3.8) is 0 Å². The Morgan fingerprint density at radius 1 is 1.36 bits per heavy atom. The van der Waals surface area contributed by atoms with Crippen LogP contribution in [0.5, 0.6) is 0 Å². The molecule has 8 nitrogen and oxygen atoms in total. The second-order valence-electron chi connectivity index (χ2n) is 5.65. The van der Waals surface area contributed by atoms with Crippen molar-refractivity contribution in [2.45, 2.75) is 17.5 Å². The zero-order valence-corrected chi connectivity index (χ0v) is 14.3. The van der Waals surface area contributed by atoms with E-state index in [-0.39, 0.29) is 11.2 Å². The number of nitro benzene ring substituents is 1. The summed E-state index contributed by atoms with van der Waals surface area (Å²) in [7, 11) is 0. The molecule has 2 aromatic rings. The van der Waals surface area contributed by atoms with Crippen molar-refractivity contribution < 1.29 is 9.66 Å². The van der Waals surface area contributed by atoms with Crippen LogP contribution in [0.2, 0.25) is 0 Å². The van der Waals surface area contributed by atoms with E-state index in [4.69, 9.17) is 4.74 Å². The number of hydrogen-bond acceptors (Lipinski definition) is 7. The Morgan fingerprint density at radius 2 is 2.16 bits per heavy atom. The second-order valence-corrected chi connectivity index (χ2v) is 6.61. The molecule has 9 heteroatoms. The highest BCUT2D eigenvalue weighted by molar-refractivity contribution is 7.98. The minimum atomic E-state index is -0.422. The number of morpholine rings is 1. The van der Waals surface area contributed by atoms with Gasteiger partial charge < -0.3 is 9.72 Å². The van der Waals surface area contributed by atoms with Gasteiger partial charge in [-0.15, -0.1) is 0 Å². The van der Waals surface area contributed by atoms with E-state index in [1.165, 1.54) is 23.9 Å². The van der Waals surface area contributed by atoms with Gasteiger partial charge >= 0.3 is 0 Å². The second kappa shape index (κ2) is 8.24. The van der Waals surface area contributed by atoms with Crippen LogP contribution in [-0.4, -0.2) is 46.1 Å². The lowest BCUT2D eigenvalue weighted by atomic mass is 10.2. The van der Waals surface area contributed by atoms with E-state index in [1.807, 2.05) is 6.07 Å². The molecule has 3 rings (SSSR count). The van der Waals surface area contributed by atoms with Crippen LogP contribution in [0, 0.1) is 10.1 Å². The summed E-state index contributed by atoms with van der Waals surface area (Å²) in [5.41, 5.74) is 1.34. The van der Waals surface area contributed by atoms with E-state index in [0.717, 1.165) is 18.7 Å². The Bertz CT molecular complexity index is 805. The Labute approximate surface area is 148 Å². The molecule has 25 heavy (non-hydrogen) atoms. The molecule has 0 unspecified atom stereocenters. The van der Waals surface area contributed by atoms with Gasteiger partial charge in [0.2, 0.25) is 0 Å². The minimum Gasteiger partial charge on any atom is -0.379 e. The lowest BCUT2D eigenvalue weighted by Crippen LogP contribution is -2.37. The van der Waals surface area contributed by atoms with Crippen molar-refractivity contribution in [1.82, 2.24) is 14.9 Å². The van der Waals surface area contributed by atoms with Gasteiger partial charge in [-0.2, -0.15) is 0 Å². The maximum absolute atomic E-state index is 12.2. The third-order valence-electron chi connectivity index (χ3n) is 3.84. The number of aromatic amines is 1. The first kappa shape index (κ1) is 17.6. The average Bonchev–Trinajstić information content (AvgIpc) is 2.63. The van der Waals surface area contributed by atoms with E-state index in [1.54, 1.807) is 12.3 Å². The van der Waals surface area contributed by atoms with Crippen LogP contribution in [0.4, 0.5) is 5.69 Å². The molecule has 0 aliphatic carbocycles. The van der Waals surface area contributed by atoms with Gasteiger partial charge in [-0.1, -0.05) is 23.9 Å². The van der Waals surface area contributed by atoms with Crippen molar-refractivity contribution in [2.24, 2.45) is 0 Å². The first-order valence-corrected chi connectivity index (χ1v) is 8.85. The fourth-order valence-electron chi connectivity index (χ4n) is 2.50. The van der Waals surface area contributed by atoms with E-state index < -0.39 is 4.92 Å². The molecule has 132 valence electrons. The maximum atomic E-state index is 12.2. The number of rotatable bonds is 6. The largest absolute Gasteiger partial charge is 0.379 e. The quantitative estimate of drug-likeness (QED) is 0.362. The summed E-state index contributed by atoms with van der Waals surface area (Å²) in [6, 6.07) is 6.44. The molecule has 1 aromatic heterocycles. The third kappa shape index (κ3) is 4.88. The number of nitrogens with zero attached hydrogens (tertiary/aromatic N) is 3. The predicted octanol–water partition coefficient (Wildman–Crippen LogP) is 1.80. The standard InChI is InChI=1S/C16H18N4O4S/c21-15-13(10-19-4-6-24-7-5-19)9-17-16(18-15)25-11-12-2-1-3-14(8-12)20(22)23/h1-3,8-9H,4-7,10-11H2,(H,17,18,21). The smallest absolute Gasteiger partial charge is 0.269 e. The molecular formula is C16H18N4O4S. The minimum absolute atomic E-state index is 0.0559. The summed E-state index contributed by atoms with van der Waals surface area (Å²) in [6.45, 7) is 3.54. The summed E-state index contributed by atoms with van der Waals surface area (Å²) >= 11 is 1.34. The summed E-state index contributed by atoms with van der Waals surface area (Å²) in [5, 5.41) is 11.3. The summed E-state index contributed by atoms with van der Waals surface area (Å²) in [4.78, 5) is 31.8. The molecule has 0 amide bonds.